The fraction of sp³-hybridized carbons (Fsp3) is 0.474. The normalized spacial score (nSPS) is 15.0. The number of likely N-dealkylation sites (N-methyl/N-ethyl adjacent to an activating group) is 1. The second-order valence-corrected chi connectivity index (χ2v) is 6.68. The van der Waals surface area contributed by atoms with Crippen LogP contribution in [0.4, 0.5) is 0 Å². The number of ether oxygens (including phenoxy) is 1. The van der Waals surface area contributed by atoms with E-state index in [4.69, 9.17) is 9.26 Å². The number of hydrogen-bond donors (Lipinski definition) is 1. The van der Waals surface area contributed by atoms with Crippen molar-refractivity contribution in [3.63, 3.8) is 0 Å². The van der Waals surface area contributed by atoms with Gasteiger partial charge in [0.25, 0.3) is 5.91 Å². The highest BCUT2D eigenvalue weighted by Gasteiger charge is 2.31. The number of para-hydroxylation sites is 1. The van der Waals surface area contributed by atoms with Crippen molar-refractivity contribution in [3.05, 3.63) is 46.8 Å². The molecule has 0 radical (unpaired) electrons. The van der Waals surface area contributed by atoms with Crippen LogP contribution in [-0.2, 0) is 6.61 Å². The maximum atomic E-state index is 12.7. The molecule has 1 saturated carbocycles. The second-order valence-electron chi connectivity index (χ2n) is 6.68. The van der Waals surface area contributed by atoms with Crippen LogP contribution in [0.15, 0.2) is 28.8 Å². The lowest BCUT2D eigenvalue weighted by Crippen LogP contribution is -2.35. The average Bonchev–Trinajstić information content (AvgIpc) is 3.40. The average molecular weight is 344 g/mol. The third kappa shape index (κ3) is 4.02. The van der Waals surface area contributed by atoms with E-state index in [1.54, 1.807) is 30.1 Å². The van der Waals surface area contributed by atoms with E-state index in [0.29, 0.717) is 36.1 Å². The second kappa shape index (κ2) is 7.27. The third-order valence-corrected chi connectivity index (χ3v) is 4.64. The van der Waals surface area contributed by atoms with E-state index in [1.165, 1.54) is 0 Å². The van der Waals surface area contributed by atoms with Crippen LogP contribution in [0.5, 0.6) is 5.75 Å². The van der Waals surface area contributed by atoms with Crippen molar-refractivity contribution < 1.29 is 19.2 Å². The predicted molar refractivity (Wildman–Crippen MR) is 92.4 cm³/mol. The summed E-state index contributed by atoms with van der Waals surface area (Å²) < 4.78 is 11.0. The van der Waals surface area contributed by atoms with E-state index >= 15 is 0 Å². The molecule has 0 aliphatic heterocycles. The summed E-state index contributed by atoms with van der Waals surface area (Å²) >= 11 is 0. The zero-order valence-corrected chi connectivity index (χ0v) is 14.9. The molecular formula is C19H24N2O4. The first-order chi connectivity index (χ1) is 12.0. The summed E-state index contributed by atoms with van der Waals surface area (Å²) in [5.41, 5.74) is 2.16. The molecule has 1 aromatic heterocycles. The SMILES string of the molecule is Cc1noc(C)c1COc1ccccc1C(=O)N(C)CC(O)C1CC1. The Morgan fingerprint density at radius 3 is 2.76 bits per heavy atom. The predicted octanol–water partition coefficient (Wildman–Crippen LogP) is 2.71. The van der Waals surface area contributed by atoms with Crippen molar-refractivity contribution in [3.8, 4) is 5.75 Å². The summed E-state index contributed by atoms with van der Waals surface area (Å²) in [7, 11) is 1.71. The molecule has 1 amide bonds. The molecule has 0 bridgehead atoms. The van der Waals surface area contributed by atoms with Gasteiger partial charge < -0.3 is 19.3 Å². The number of aliphatic hydroxyl groups excluding tert-OH is 1. The van der Waals surface area contributed by atoms with Gasteiger partial charge in [-0.3, -0.25) is 4.79 Å². The molecule has 3 rings (SSSR count). The molecule has 1 N–H and O–H groups in total. The maximum absolute atomic E-state index is 12.7. The molecule has 1 atom stereocenters. The molecular weight excluding hydrogens is 320 g/mol. The Morgan fingerprint density at radius 2 is 2.12 bits per heavy atom. The van der Waals surface area contributed by atoms with Crippen LogP contribution in [0.2, 0.25) is 0 Å². The molecule has 1 aliphatic rings. The van der Waals surface area contributed by atoms with E-state index in [2.05, 4.69) is 5.16 Å². The maximum Gasteiger partial charge on any atom is 0.257 e. The van der Waals surface area contributed by atoms with Crippen LogP contribution >= 0.6 is 0 Å². The van der Waals surface area contributed by atoms with Crippen molar-refractivity contribution in [2.24, 2.45) is 5.92 Å². The van der Waals surface area contributed by atoms with Crippen LogP contribution < -0.4 is 4.74 Å². The van der Waals surface area contributed by atoms with Gasteiger partial charge in [0.1, 0.15) is 18.1 Å². The number of carbonyl (C=O) groups excluding carboxylic acids is 1. The molecule has 1 unspecified atom stereocenters. The van der Waals surface area contributed by atoms with Gasteiger partial charge in [-0.1, -0.05) is 17.3 Å². The van der Waals surface area contributed by atoms with Gasteiger partial charge in [0.15, 0.2) is 0 Å². The highest BCUT2D eigenvalue weighted by Crippen LogP contribution is 2.33. The van der Waals surface area contributed by atoms with E-state index in [-0.39, 0.29) is 5.91 Å². The van der Waals surface area contributed by atoms with Gasteiger partial charge in [0, 0.05) is 13.6 Å². The first-order valence-electron chi connectivity index (χ1n) is 8.54. The molecule has 1 heterocycles. The van der Waals surface area contributed by atoms with Gasteiger partial charge in [0.05, 0.1) is 22.9 Å². The number of hydrogen-bond acceptors (Lipinski definition) is 5. The number of amides is 1. The van der Waals surface area contributed by atoms with Crippen LogP contribution in [0.25, 0.3) is 0 Å². The highest BCUT2D eigenvalue weighted by molar-refractivity contribution is 5.96. The molecule has 25 heavy (non-hydrogen) atoms. The van der Waals surface area contributed by atoms with Gasteiger partial charge >= 0.3 is 0 Å². The number of aryl methyl sites for hydroxylation is 2. The van der Waals surface area contributed by atoms with Gasteiger partial charge in [-0.2, -0.15) is 0 Å². The smallest absolute Gasteiger partial charge is 0.257 e. The molecule has 0 spiro atoms. The van der Waals surface area contributed by atoms with Crippen molar-refractivity contribution in [1.29, 1.82) is 0 Å². The monoisotopic (exact) mass is 344 g/mol. The summed E-state index contributed by atoms with van der Waals surface area (Å²) in [6.07, 6.45) is 1.63. The van der Waals surface area contributed by atoms with E-state index in [9.17, 15) is 9.90 Å². The Labute approximate surface area is 147 Å². The van der Waals surface area contributed by atoms with Gasteiger partial charge in [-0.25, -0.2) is 0 Å². The lowest BCUT2D eigenvalue weighted by atomic mass is 10.1. The van der Waals surface area contributed by atoms with Crippen LogP contribution in [-0.4, -0.2) is 40.8 Å². The number of carbonyl (C=O) groups is 1. The zero-order valence-electron chi connectivity index (χ0n) is 14.9. The number of nitrogens with zero attached hydrogens (tertiary/aromatic N) is 2. The van der Waals surface area contributed by atoms with E-state index < -0.39 is 6.10 Å². The van der Waals surface area contributed by atoms with Crippen LogP contribution in [0, 0.1) is 19.8 Å². The Hall–Kier alpha value is -2.34. The first-order valence-corrected chi connectivity index (χ1v) is 8.54. The van der Waals surface area contributed by atoms with Crippen molar-refractivity contribution in [2.45, 2.75) is 39.4 Å². The summed E-state index contributed by atoms with van der Waals surface area (Å²) in [5, 5.41) is 14.0. The largest absolute Gasteiger partial charge is 0.488 e. The quantitative estimate of drug-likeness (QED) is 0.836. The van der Waals surface area contributed by atoms with Crippen molar-refractivity contribution >= 4 is 5.91 Å². The van der Waals surface area contributed by atoms with E-state index in [0.717, 1.165) is 24.1 Å². The molecule has 0 saturated heterocycles. The minimum atomic E-state index is -0.454. The highest BCUT2D eigenvalue weighted by atomic mass is 16.5. The third-order valence-electron chi connectivity index (χ3n) is 4.64. The fourth-order valence-electron chi connectivity index (χ4n) is 2.83. The van der Waals surface area contributed by atoms with Crippen molar-refractivity contribution in [1.82, 2.24) is 10.1 Å². The molecule has 1 aromatic carbocycles. The van der Waals surface area contributed by atoms with E-state index in [1.807, 2.05) is 19.9 Å². The van der Waals surface area contributed by atoms with Gasteiger partial charge in [-0.05, 0) is 44.7 Å². The molecule has 1 fully saturated rings. The minimum absolute atomic E-state index is 0.158. The number of rotatable bonds is 7. The molecule has 1 aliphatic carbocycles. The Bertz CT molecular complexity index is 732. The van der Waals surface area contributed by atoms with Crippen LogP contribution in [0.3, 0.4) is 0 Å². The summed E-state index contributed by atoms with van der Waals surface area (Å²) in [6, 6.07) is 7.15. The Morgan fingerprint density at radius 1 is 1.40 bits per heavy atom. The number of benzene rings is 1. The minimum Gasteiger partial charge on any atom is -0.488 e. The standard InChI is InChI=1S/C19H24N2O4/c1-12-16(13(2)25-20-12)11-24-18-7-5-4-6-15(18)19(23)21(3)10-17(22)14-8-9-14/h4-7,14,17,22H,8-11H2,1-3H3. The summed E-state index contributed by atoms with van der Waals surface area (Å²) in [4.78, 5) is 14.3. The van der Waals surface area contributed by atoms with Crippen molar-refractivity contribution in [2.75, 3.05) is 13.6 Å². The van der Waals surface area contributed by atoms with Gasteiger partial charge in [-0.15, -0.1) is 0 Å². The number of aromatic nitrogens is 1. The lowest BCUT2D eigenvalue weighted by Gasteiger charge is -2.22. The molecule has 6 nitrogen and oxygen atoms in total. The summed E-state index contributed by atoms with van der Waals surface area (Å²) in [6.45, 7) is 4.32. The number of aliphatic hydroxyl groups is 1. The Kier molecular flexibility index (Phi) is 5.08. The topological polar surface area (TPSA) is 75.8 Å². The Balaban J connectivity index is 1.70. The first kappa shape index (κ1) is 17.5. The lowest BCUT2D eigenvalue weighted by molar-refractivity contribution is 0.0641. The fourth-order valence-corrected chi connectivity index (χ4v) is 2.83. The summed E-state index contributed by atoms with van der Waals surface area (Å²) in [5.74, 6) is 1.40. The molecule has 6 heteroatoms. The van der Waals surface area contributed by atoms with Crippen LogP contribution in [0.1, 0.15) is 40.2 Å². The zero-order chi connectivity index (χ0) is 18.0. The van der Waals surface area contributed by atoms with Gasteiger partial charge in [0.2, 0.25) is 0 Å². The molecule has 2 aromatic rings. The molecule has 134 valence electrons.